The fourth-order valence-electron chi connectivity index (χ4n) is 1.87. The van der Waals surface area contributed by atoms with Gasteiger partial charge in [-0.15, -0.1) is 0 Å². The lowest BCUT2D eigenvalue weighted by atomic mass is 10.1. The second kappa shape index (κ2) is 5.00. The maximum Gasteiger partial charge on any atom is 0.231 e. The van der Waals surface area contributed by atoms with Crippen LogP contribution in [0.15, 0.2) is 36.4 Å². The van der Waals surface area contributed by atoms with Gasteiger partial charge in [-0.3, -0.25) is 9.59 Å². The van der Waals surface area contributed by atoms with Gasteiger partial charge < -0.3 is 5.32 Å². The van der Waals surface area contributed by atoms with Gasteiger partial charge in [0, 0.05) is 5.69 Å². The van der Waals surface area contributed by atoms with Gasteiger partial charge in [0.2, 0.25) is 5.91 Å². The topological polar surface area (TPSA) is 46.2 Å². The molecule has 0 spiro atoms. The van der Waals surface area contributed by atoms with Crippen LogP contribution in [0.5, 0.6) is 0 Å². The van der Waals surface area contributed by atoms with Crippen molar-refractivity contribution in [2.24, 2.45) is 0 Å². The molecule has 0 saturated carbocycles. The molecule has 3 nitrogen and oxygen atoms in total. The molecule has 0 radical (unpaired) electrons. The summed E-state index contributed by atoms with van der Waals surface area (Å²) in [6.45, 7) is 3.45. The third-order valence-electron chi connectivity index (χ3n) is 2.69. The summed E-state index contributed by atoms with van der Waals surface area (Å²) in [5.74, 6) is -0.405. The number of fused-ring (bicyclic) bond motifs is 1. The molecular formula is C15H15NO2. The van der Waals surface area contributed by atoms with Crippen LogP contribution in [0.25, 0.3) is 10.8 Å². The predicted molar refractivity (Wildman–Crippen MR) is 72.6 cm³/mol. The first kappa shape index (κ1) is 12.3. The Labute approximate surface area is 106 Å². The number of amides is 1. The van der Waals surface area contributed by atoms with Gasteiger partial charge in [0.05, 0.1) is 6.42 Å². The van der Waals surface area contributed by atoms with E-state index in [1.807, 2.05) is 37.3 Å². The Kier molecular flexibility index (Phi) is 3.42. The molecule has 0 bridgehead atoms. The molecule has 0 aliphatic rings. The van der Waals surface area contributed by atoms with Gasteiger partial charge in [-0.2, -0.15) is 0 Å². The van der Waals surface area contributed by atoms with Gasteiger partial charge in [-0.25, -0.2) is 0 Å². The minimum atomic E-state index is -0.269. The summed E-state index contributed by atoms with van der Waals surface area (Å²) >= 11 is 0. The van der Waals surface area contributed by atoms with E-state index in [-0.39, 0.29) is 18.1 Å². The predicted octanol–water partition coefficient (Wildman–Crippen LogP) is 3.07. The number of benzene rings is 2. The first-order chi connectivity index (χ1) is 8.54. The third kappa shape index (κ3) is 2.94. The Hall–Kier alpha value is -2.16. The lowest BCUT2D eigenvalue weighted by Crippen LogP contribution is -2.14. The smallest absolute Gasteiger partial charge is 0.231 e. The van der Waals surface area contributed by atoms with E-state index >= 15 is 0 Å². The summed E-state index contributed by atoms with van der Waals surface area (Å²) in [4.78, 5) is 22.3. The van der Waals surface area contributed by atoms with Gasteiger partial charge in [0.1, 0.15) is 5.78 Å². The lowest BCUT2D eigenvalue weighted by molar-refractivity contribution is -0.124. The lowest BCUT2D eigenvalue weighted by Gasteiger charge is -2.06. The highest BCUT2D eigenvalue weighted by atomic mass is 16.2. The summed E-state index contributed by atoms with van der Waals surface area (Å²) in [5, 5.41) is 4.93. The number of aryl methyl sites for hydroxylation is 1. The first-order valence-electron chi connectivity index (χ1n) is 5.84. The van der Waals surface area contributed by atoms with Crippen molar-refractivity contribution in [3.63, 3.8) is 0 Å². The third-order valence-corrected chi connectivity index (χ3v) is 2.69. The zero-order valence-electron chi connectivity index (χ0n) is 10.5. The largest absolute Gasteiger partial charge is 0.326 e. The molecule has 1 N–H and O–H groups in total. The summed E-state index contributed by atoms with van der Waals surface area (Å²) in [6.07, 6.45) is -0.0774. The first-order valence-corrected chi connectivity index (χ1v) is 5.84. The van der Waals surface area contributed by atoms with E-state index in [4.69, 9.17) is 0 Å². The molecule has 2 rings (SSSR count). The summed E-state index contributed by atoms with van der Waals surface area (Å²) in [7, 11) is 0. The number of rotatable bonds is 3. The van der Waals surface area contributed by atoms with Crippen molar-refractivity contribution < 1.29 is 9.59 Å². The molecule has 0 fully saturated rings. The molecule has 18 heavy (non-hydrogen) atoms. The van der Waals surface area contributed by atoms with Crippen LogP contribution in [0.1, 0.15) is 18.9 Å². The standard InChI is InChI=1S/C15H15NO2/c1-10-3-4-13-9-14(6-5-12(13)7-10)16-15(18)8-11(2)17/h3-7,9H,8H2,1-2H3,(H,16,18). The van der Waals surface area contributed by atoms with Gasteiger partial charge in [0.15, 0.2) is 0 Å². The highest BCUT2D eigenvalue weighted by Crippen LogP contribution is 2.20. The Morgan fingerprint density at radius 3 is 2.44 bits per heavy atom. The highest BCUT2D eigenvalue weighted by molar-refractivity contribution is 6.04. The molecule has 92 valence electrons. The van der Waals surface area contributed by atoms with E-state index in [0.717, 1.165) is 16.5 Å². The monoisotopic (exact) mass is 241 g/mol. The van der Waals surface area contributed by atoms with Crippen LogP contribution in [-0.4, -0.2) is 11.7 Å². The van der Waals surface area contributed by atoms with Crippen molar-refractivity contribution in [2.45, 2.75) is 20.3 Å². The fraction of sp³-hybridized carbons (Fsp3) is 0.200. The second-order valence-electron chi connectivity index (χ2n) is 4.49. The Balaban J connectivity index is 2.22. The average molecular weight is 241 g/mol. The molecule has 0 unspecified atom stereocenters. The molecule has 0 heterocycles. The Bertz CT molecular complexity index is 617. The Morgan fingerprint density at radius 1 is 1.06 bits per heavy atom. The van der Waals surface area contributed by atoms with Crippen LogP contribution < -0.4 is 5.32 Å². The SMILES string of the molecule is CC(=O)CC(=O)Nc1ccc2cc(C)ccc2c1. The number of ketones is 1. The average Bonchev–Trinajstić information content (AvgIpc) is 2.28. The minimum absolute atomic E-state index is 0.0774. The molecule has 0 aliphatic carbocycles. The Morgan fingerprint density at radius 2 is 1.72 bits per heavy atom. The van der Waals surface area contributed by atoms with Crippen molar-refractivity contribution in [2.75, 3.05) is 5.32 Å². The second-order valence-corrected chi connectivity index (χ2v) is 4.49. The van der Waals surface area contributed by atoms with E-state index in [0.29, 0.717) is 0 Å². The van der Waals surface area contributed by atoms with Crippen LogP contribution in [0, 0.1) is 6.92 Å². The molecule has 0 aliphatic heterocycles. The number of hydrogen-bond donors (Lipinski definition) is 1. The molecule has 2 aromatic carbocycles. The molecule has 3 heteroatoms. The van der Waals surface area contributed by atoms with E-state index in [1.165, 1.54) is 12.5 Å². The molecule has 1 amide bonds. The number of carbonyl (C=O) groups is 2. The van der Waals surface area contributed by atoms with Gasteiger partial charge >= 0.3 is 0 Å². The molecular weight excluding hydrogens is 226 g/mol. The fourth-order valence-corrected chi connectivity index (χ4v) is 1.87. The number of anilines is 1. The summed E-state index contributed by atoms with van der Waals surface area (Å²) in [5.41, 5.74) is 1.92. The van der Waals surface area contributed by atoms with Crippen molar-refractivity contribution >= 4 is 28.2 Å². The molecule has 0 atom stereocenters. The molecule has 0 saturated heterocycles. The van der Waals surface area contributed by atoms with E-state index in [2.05, 4.69) is 11.4 Å². The van der Waals surface area contributed by atoms with Crippen molar-refractivity contribution in [1.29, 1.82) is 0 Å². The highest BCUT2D eigenvalue weighted by Gasteiger charge is 2.05. The maximum atomic E-state index is 11.5. The minimum Gasteiger partial charge on any atom is -0.326 e. The number of hydrogen-bond acceptors (Lipinski definition) is 2. The van der Waals surface area contributed by atoms with Gasteiger partial charge in [-0.1, -0.05) is 29.8 Å². The van der Waals surface area contributed by atoms with E-state index in [1.54, 1.807) is 0 Å². The number of carbonyl (C=O) groups excluding carboxylic acids is 2. The van der Waals surface area contributed by atoms with Crippen LogP contribution in [0.3, 0.4) is 0 Å². The van der Waals surface area contributed by atoms with Gasteiger partial charge in [-0.05, 0) is 36.8 Å². The zero-order valence-corrected chi connectivity index (χ0v) is 10.5. The van der Waals surface area contributed by atoms with E-state index in [9.17, 15) is 9.59 Å². The maximum absolute atomic E-state index is 11.5. The quantitative estimate of drug-likeness (QED) is 0.839. The van der Waals surface area contributed by atoms with Crippen molar-refractivity contribution in [3.8, 4) is 0 Å². The van der Waals surface area contributed by atoms with Crippen molar-refractivity contribution in [1.82, 2.24) is 0 Å². The molecule has 0 aromatic heterocycles. The van der Waals surface area contributed by atoms with Crippen LogP contribution in [0.2, 0.25) is 0 Å². The normalized spacial score (nSPS) is 10.3. The van der Waals surface area contributed by atoms with Gasteiger partial charge in [0.25, 0.3) is 0 Å². The van der Waals surface area contributed by atoms with Crippen molar-refractivity contribution in [3.05, 3.63) is 42.0 Å². The van der Waals surface area contributed by atoms with Crippen LogP contribution in [0.4, 0.5) is 5.69 Å². The summed E-state index contributed by atoms with van der Waals surface area (Å²) < 4.78 is 0. The zero-order chi connectivity index (χ0) is 13.1. The molecule has 2 aromatic rings. The number of nitrogens with one attached hydrogen (secondary N) is 1. The van der Waals surface area contributed by atoms with Crippen LogP contribution >= 0.6 is 0 Å². The summed E-state index contributed by atoms with van der Waals surface area (Å²) in [6, 6.07) is 11.9. The van der Waals surface area contributed by atoms with Crippen LogP contribution in [-0.2, 0) is 9.59 Å². The van der Waals surface area contributed by atoms with E-state index < -0.39 is 0 Å². The number of Topliss-reactive ketones (excluding diaryl/α,β-unsaturated/α-hetero) is 1.